The standard InChI is InChI=1S/C21H23F3N4O5S/c1-30-13-11-16(18(17(12-13)31-2)33-10-9-32-8-7-29)27-19-20(28-34-21(22,23)24)26-15-6-4-3-5-14(15)25-19/h3-6,11-12,29H,7-10H2,1-2H3,(H,25,27)(H,26,28). The summed E-state index contributed by atoms with van der Waals surface area (Å²) in [5.41, 5.74) is -3.32. The van der Waals surface area contributed by atoms with Crippen molar-refractivity contribution >= 4 is 40.3 Å². The summed E-state index contributed by atoms with van der Waals surface area (Å²) in [7, 11) is 2.90. The summed E-state index contributed by atoms with van der Waals surface area (Å²) >= 11 is -0.449. The van der Waals surface area contributed by atoms with Crippen molar-refractivity contribution < 1.29 is 37.2 Å². The average molecular weight is 500 g/mol. The molecule has 0 fully saturated rings. The maximum atomic E-state index is 12.9. The Morgan fingerprint density at radius 3 is 2.29 bits per heavy atom. The summed E-state index contributed by atoms with van der Waals surface area (Å²) in [5, 5.41) is 11.8. The summed E-state index contributed by atoms with van der Waals surface area (Å²) in [5.74, 6) is 0.903. The first kappa shape index (κ1) is 25.5. The second kappa shape index (κ2) is 11.8. The highest BCUT2D eigenvalue weighted by Crippen LogP contribution is 2.42. The van der Waals surface area contributed by atoms with Crippen LogP contribution in [0, 0.1) is 0 Å². The van der Waals surface area contributed by atoms with E-state index in [9.17, 15) is 13.2 Å². The fourth-order valence-corrected chi connectivity index (χ4v) is 3.20. The van der Waals surface area contributed by atoms with E-state index in [1.165, 1.54) is 14.2 Å². The maximum absolute atomic E-state index is 12.9. The first-order valence-electron chi connectivity index (χ1n) is 9.96. The molecule has 0 amide bonds. The number of nitrogens with zero attached hydrogens (tertiary/aromatic N) is 2. The second-order valence-corrected chi connectivity index (χ2v) is 7.45. The average Bonchev–Trinajstić information content (AvgIpc) is 2.82. The molecule has 0 atom stereocenters. The molecule has 3 aromatic rings. The molecule has 3 N–H and O–H groups in total. The van der Waals surface area contributed by atoms with Crippen LogP contribution in [0.25, 0.3) is 11.0 Å². The minimum atomic E-state index is -4.54. The Bertz CT molecular complexity index is 1100. The van der Waals surface area contributed by atoms with Crippen LogP contribution < -0.4 is 24.2 Å². The van der Waals surface area contributed by atoms with Crippen molar-refractivity contribution in [3.63, 3.8) is 0 Å². The molecule has 0 aliphatic heterocycles. The lowest BCUT2D eigenvalue weighted by Gasteiger charge is -2.19. The first-order chi connectivity index (χ1) is 16.3. The van der Waals surface area contributed by atoms with E-state index < -0.39 is 17.5 Å². The van der Waals surface area contributed by atoms with Gasteiger partial charge in [0.05, 0.1) is 62.7 Å². The van der Waals surface area contributed by atoms with E-state index in [1.54, 1.807) is 36.4 Å². The van der Waals surface area contributed by atoms with E-state index in [0.29, 0.717) is 28.2 Å². The molecule has 0 saturated heterocycles. The highest BCUT2D eigenvalue weighted by molar-refractivity contribution is 8.01. The van der Waals surface area contributed by atoms with Crippen molar-refractivity contribution in [2.75, 3.05) is 50.7 Å². The van der Waals surface area contributed by atoms with Gasteiger partial charge in [-0.15, -0.1) is 0 Å². The minimum absolute atomic E-state index is 0.0344. The molecule has 0 saturated carbocycles. The Morgan fingerprint density at radius 2 is 1.68 bits per heavy atom. The van der Waals surface area contributed by atoms with Crippen molar-refractivity contribution in [2.45, 2.75) is 5.51 Å². The van der Waals surface area contributed by atoms with E-state index >= 15 is 0 Å². The molecule has 0 aliphatic carbocycles. The van der Waals surface area contributed by atoms with Crippen molar-refractivity contribution in [2.24, 2.45) is 0 Å². The predicted octanol–water partition coefficient (Wildman–Crippen LogP) is 4.36. The van der Waals surface area contributed by atoms with Crippen LogP contribution in [0.2, 0.25) is 0 Å². The van der Waals surface area contributed by atoms with E-state index in [1.807, 2.05) is 0 Å². The van der Waals surface area contributed by atoms with Gasteiger partial charge in [0.15, 0.2) is 23.1 Å². The molecule has 2 aromatic carbocycles. The highest BCUT2D eigenvalue weighted by Gasteiger charge is 2.30. The van der Waals surface area contributed by atoms with Crippen molar-refractivity contribution in [1.29, 1.82) is 0 Å². The lowest BCUT2D eigenvalue weighted by atomic mass is 10.2. The van der Waals surface area contributed by atoms with E-state index in [4.69, 9.17) is 24.1 Å². The third kappa shape index (κ3) is 6.92. The maximum Gasteiger partial charge on any atom is 0.461 e. The van der Waals surface area contributed by atoms with Gasteiger partial charge < -0.3 is 34.1 Å². The Hall–Kier alpha value is -3.16. The van der Waals surface area contributed by atoms with Crippen molar-refractivity contribution in [3.05, 3.63) is 36.4 Å². The van der Waals surface area contributed by atoms with Crippen LogP contribution in [-0.4, -0.2) is 61.2 Å². The molecule has 1 aromatic heterocycles. The third-order valence-electron chi connectivity index (χ3n) is 4.28. The molecule has 0 spiro atoms. The van der Waals surface area contributed by atoms with Crippen LogP contribution in [0.1, 0.15) is 0 Å². The van der Waals surface area contributed by atoms with E-state index in [2.05, 4.69) is 20.0 Å². The zero-order chi connectivity index (χ0) is 24.6. The van der Waals surface area contributed by atoms with Gasteiger partial charge in [0.25, 0.3) is 0 Å². The molecule has 184 valence electrons. The Labute approximate surface area is 197 Å². The molecule has 0 bridgehead atoms. The Morgan fingerprint density at radius 1 is 0.971 bits per heavy atom. The fraction of sp³-hybridized carbons (Fsp3) is 0.333. The number of nitrogens with one attached hydrogen (secondary N) is 2. The molecule has 0 radical (unpaired) electrons. The Balaban J connectivity index is 1.99. The van der Waals surface area contributed by atoms with Gasteiger partial charge in [-0.3, -0.25) is 0 Å². The van der Waals surface area contributed by atoms with Gasteiger partial charge >= 0.3 is 5.51 Å². The zero-order valence-electron chi connectivity index (χ0n) is 18.3. The van der Waals surface area contributed by atoms with Crippen molar-refractivity contribution in [3.8, 4) is 17.2 Å². The smallest absolute Gasteiger partial charge is 0.461 e. The van der Waals surface area contributed by atoms with Crippen LogP contribution in [0.4, 0.5) is 30.5 Å². The second-order valence-electron chi connectivity index (χ2n) is 6.58. The van der Waals surface area contributed by atoms with E-state index in [0.717, 1.165) is 0 Å². The van der Waals surface area contributed by atoms with Gasteiger partial charge in [0.2, 0.25) is 0 Å². The molecule has 9 nitrogen and oxygen atoms in total. The topological polar surface area (TPSA) is 107 Å². The molecule has 0 aliphatic rings. The number of para-hydroxylation sites is 2. The van der Waals surface area contributed by atoms with Gasteiger partial charge in [-0.2, -0.15) is 13.2 Å². The number of anilines is 3. The van der Waals surface area contributed by atoms with Gasteiger partial charge in [-0.1, -0.05) is 12.1 Å². The number of halogens is 3. The summed E-state index contributed by atoms with van der Waals surface area (Å²) in [4.78, 5) is 8.72. The van der Waals surface area contributed by atoms with Crippen LogP contribution >= 0.6 is 11.9 Å². The minimum Gasteiger partial charge on any atom is -0.497 e. The molecular weight excluding hydrogens is 477 g/mol. The quantitative estimate of drug-likeness (QED) is 0.245. The third-order valence-corrected chi connectivity index (χ3v) is 4.81. The number of hydrogen-bond donors (Lipinski definition) is 3. The molecule has 0 unspecified atom stereocenters. The van der Waals surface area contributed by atoms with Crippen LogP contribution in [-0.2, 0) is 4.74 Å². The summed E-state index contributed by atoms with van der Waals surface area (Å²) in [6.45, 7) is 0.355. The van der Waals surface area contributed by atoms with Gasteiger partial charge in [0.1, 0.15) is 12.4 Å². The molecule has 3 rings (SSSR count). The summed E-state index contributed by atoms with van der Waals surface area (Å²) in [6, 6.07) is 9.97. The lowest BCUT2D eigenvalue weighted by Crippen LogP contribution is -2.11. The van der Waals surface area contributed by atoms with Crippen LogP contribution in [0.15, 0.2) is 36.4 Å². The number of benzene rings is 2. The zero-order valence-corrected chi connectivity index (χ0v) is 19.1. The van der Waals surface area contributed by atoms with Crippen LogP contribution in [0.5, 0.6) is 17.2 Å². The molecule has 1 heterocycles. The predicted molar refractivity (Wildman–Crippen MR) is 123 cm³/mol. The molecule has 34 heavy (non-hydrogen) atoms. The SMILES string of the molecule is COc1cc(Nc2nc3ccccc3nc2NSC(F)(F)F)c(OCCOCCO)c(OC)c1. The number of hydrogen-bond acceptors (Lipinski definition) is 10. The number of aromatic nitrogens is 2. The summed E-state index contributed by atoms with van der Waals surface area (Å²) in [6.07, 6.45) is 0. The summed E-state index contributed by atoms with van der Waals surface area (Å²) < 4.78 is 62.5. The number of aliphatic hydroxyl groups is 1. The number of alkyl halides is 3. The first-order valence-corrected chi connectivity index (χ1v) is 10.8. The van der Waals surface area contributed by atoms with Gasteiger partial charge in [-0.25, -0.2) is 9.97 Å². The van der Waals surface area contributed by atoms with Crippen LogP contribution in [0.3, 0.4) is 0 Å². The fourth-order valence-electron chi connectivity index (χ4n) is 2.85. The molecule has 13 heteroatoms. The highest BCUT2D eigenvalue weighted by atomic mass is 32.2. The largest absolute Gasteiger partial charge is 0.497 e. The molecular formula is C21H23F3N4O5S. The number of fused-ring (bicyclic) bond motifs is 1. The van der Waals surface area contributed by atoms with Crippen molar-refractivity contribution in [1.82, 2.24) is 9.97 Å². The van der Waals surface area contributed by atoms with Gasteiger partial charge in [0, 0.05) is 12.1 Å². The Kier molecular flexibility index (Phi) is 8.85. The number of aliphatic hydroxyl groups excluding tert-OH is 1. The monoisotopic (exact) mass is 500 g/mol. The lowest BCUT2D eigenvalue weighted by molar-refractivity contribution is -0.0323. The normalized spacial score (nSPS) is 11.4. The van der Waals surface area contributed by atoms with Gasteiger partial charge in [-0.05, 0) is 12.1 Å². The number of rotatable bonds is 12. The number of ether oxygens (including phenoxy) is 4. The number of methoxy groups -OCH3 is 2. The van der Waals surface area contributed by atoms with E-state index in [-0.39, 0.29) is 43.8 Å².